The number of amides is 2. The van der Waals surface area contributed by atoms with Gasteiger partial charge in [-0.15, -0.1) is 0 Å². The Morgan fingerprint density at radius 2 is 1.04 bits per heavy atom. The second-order valence-electron chi connectivity index (χ2n) is 16.1. The van der Waals surface area contributed by atoms with Crippen molar-refractivity contribution in [2.24, 2.45) is 9.98 Å². The molecule has 0 saturated carbocycles. The van der Waals surface area contributed by atoms with Crippen molar-refractivity contribution in [1.29, 1.82) is 0 Å². The molecule has 0 spiro atoms. The standard InChI is InChI=1S/C32H30N4O7.C10H14O3S.C8H10O2.5CH4/c1-19-6-24-26(33-11-22-15-40-17-35(22)31(24)37)9-28(19)42-13-20-4-3-5-21(7-20)14-43-30-10-27-25(8-29(30)39-2)32(38)36-18-41-16-23(36)12-34-27;1-3-9-5-4-6-10(7-9)8-13-14(2,11)12;9-5-7-2-1-3-8(4-7)6-10;;;;;/h3-12,22-23H,13-18H2,1-2H3;4-7H,3,8H2,1-2H3;1-4,9-10H,5-6H2;5*1H4/t22-,23-;;;;;;;/m1......./s1. The molecule has 5 aromatic rings. The number of aryl methyl sites for hydroxylation is 2. The smallest absolute Gasteiger partial charge is 0.264 e. The number of aliphatic hydroxyl groups is 2. The van der Waals surface area contributed by atoms with Gasteiger partial charge in [-0.25, -0.2) is 0 Å². The van der Waals surface area contributed by atoms with Crippen LogP contribution in [0.3, 0.4) is 0 Å². The van der Waals surface area contributed by atoms with Gasteiger partial charge >= 0.3 is 0 Å². The van der Waals surface area contributed by atoms with E-state index in [9.17, 15) is 18.0 Å². The van der Waals surface area contributed by atoms with Crippen molar-refractivity contribution in [3.8, 4) is 17.2 Å². The van der Waals surface area contributed by atoms with Gasteiger partial charge in [-0.2, -0.15) is 8.42 Å². The maximum atomic E-state index is 13.1. The number of aliphatic imine (C=N–C) groups is 2. The quantitative estimate of drug-likeness (QED) is 0.106. The SMILES string of the molecule is C.C.C.C.C.CCc1cccc(COS(C)(=O)=O)c1.COc1cc2c(cc1OCc1cccc(COc3cc4c(cc3C)C(=O)N3COC[C@H]3C=N4)c1)N=C[C@@H]1COCN1C2=O.OCc1cccc(CO)c1. The van der Waals surface area contributed by atoms with Crippen LogP contribution in [0.2, 0.25) is 0 Å². The summed E-state index contributed by atoms with van der Waals surface area (Å²) < 4.78 is 54.9. The molecule has 2 amide bonds. The molecule has 2 N–H and O–H groups in total. The van der Waals surface area contributed by atoms with Gasteiger partial charge in [0.25, 0.3) is 21.9 Å². The topological polar surface area (TPSA) is 195 Å². The summed E-state index contributed by atoms with van der Waals surface area (Å²) in [6, 6.07) is 29.6. The Balaban J connectivity index is 0.000000509. The monoisotopic (exact) mass is 1010 g/mol. The van der Waals surface area contributed by atoms with Crippen LogP contribution in [0.15, 0.2) is 107 Å². The number of hydrogen-bond donors (Lipinski definition) is 2. The lowest BCUT2D eigenvalue weighted by atomic mass is 10.1. The lowest BCUT2D eigenvalue weighted by Gasteiger charge is -2.18. The normalized spacial score (nSPS) is 15.7. The van der Waals surface area contributed by atoms with Crippen molar-refractivity contribution < 1.29 is 56.1 Å². The van der Waals surface area contributed by atoms with E-state index >= 15 is 0 Å². The number of carbonyl (C=O) groups is 2. The Kier molecular flexibility index (Phi) is 24.4. The molecule has 0 aromatic heterocycles. The Morgan fingerprint density at radius 1 is 0.611 bits per heavy atom. The van der Waals surface area contributed by atoms with E-state index in [4.69, 9.17) is 33.9 Å². The fourth-order valence-corrected chi connectivity index (χ4v) is 7.86. The molecular formula is C55H74N4O12S. The van der Waals surface area contributed by atoms with Crippen molar-refractivity contribution >= 4 is 45.7 Å². The number of benzene rings is 5. The van der Waals surface area contributed by atoms with Crippen LogP contribution in [-0.2, 0) is 63.2 Å². The third-order valence-electron chi connectivity index (χ3n) is 11.1. The predicted octanol–water partition coefficient (Wildman–Crippen LogP) is 9.77. The minimum atomic E-state index is -3.34. The van der Waals surface area contributed by atoms with Gasteiger partial charge < -0.3 is 43.7 Å². The molecule has 16 nitrogen and oxygen atoms in total. The second-order valence-corrected chi connectivity index (χ2v) is 17.7. The van der Waals surface area contributed by atoms with E-state index in [2.05, 4.69) is 21.1 Å². The van der Waals surface area contributed by atoms with Crippen molar-refractivity contribution in [2.75, 3.05) is 40.0 Å². The first-order valence-electron chi connectivity index (χ1n) is 21.6. The maximum Gasteiger partial charge on any atom is 0.264 e. The third-order valence-corrected chi connectivity index (χ3v) is 11.7. The van der Waals surface area contributed by atoms with Crippen molar-refractivity contribution in [1.82, 2.24) is 9.80 Å². The summed E-state index contributed by atoms with van der Waals surface area (Å²) >= 11 is 0. The first-order chi connectivity index (χ1) is 32.4. The summed E-state index contributed by atoms with van der Waals surface area (Å²) in [6.45, 7) is 6.16. The molecule has 2 saturated heterocycles. The fraction of sp³-hybridized carbons (Fsp3) is 0.382. The zero-order chi connectivity index (χ0) is 47.5. The van der Waals surface area contributed by atoms with E-state index in [1.165, 1.54) is 5.56 Å². The second kappa shape index (κ2) is 28.5. The zero-order valence-corrected chi connectivity index (χ0v) is 38.6. The lowest BCUT2D eigenvalue weighted by Crippen LogP contribution is -2.36. The fourth-order valence-electron chi connectivity index (χ4n) is 7.51. The molecule has 17 heteroatoms. The average Bonchev–Trinajstić information content (AvgIpc) is 3.98. The largest absolute Gasteiger partial charge is 0.493 e. The number of hydrogen-bond acceptors (Lipinski definition) is 14. The average molecular weight is 1020 g/mol. The van der Waals surface area contributed by atoms with Gasteiger partial charge in [-0.1, -0.05) is 111 Å². The Bertz CT molecular complexity index is 2730. The lowest BCUT2D eigenvalue weighted by molar-refractivity contribution is 0.0675. The number of ether oxygens (including phenoxy) is 5. The highest BCUT2D eigenvalue weighted by atomic mass is 32.2. The molecule has 9 rings (SSSR count). The molecule has 2 fully saturated rings. The van der Waals surface area contributed by atoms with Gasteiger partial charge in [-0.05, 0) is 70.5 Å². The van der Waals surface area contributed by atoms with Crippen LogP contribution in [0.25, 0.3) is 0 Å². The number of fused-ring (bicyclic) bond motifs is 4. The third kappa shape index (κ3) is 15.8. The van der Waals surface area contributed by atoms with Crippen LogP contribution in [-0.4, -0.2) is 105 Å². The molecule has 4 aliphatic heterocycles. The summed E-state index contributed by atoms with van der Waals surface area (Å²) in [7, 11) is -1.80. The number of aliphatic hydroxyl groups excluding tert-OH is 2. The Morgan fingerprint density at radius 3 is 1.53 bits per heavy atom. The molecule has 0 bridgehead atoms. The number of rotatable bonds is 13. The van der Waals surface area contributed by atoms with Crippen LogP contribution >= 0.6 is 0 Å². The summed E-state index contributed by atoms with van der Waals surface area (Å²) in [5.41, 5.74) is 8.62. The van der Waals surface area contributed by atoms with Crippen LogP contribution in [0.1, 0.15) is 104 Å². The molecular weight excluding hydrogens is 941 g/mol. The summed E-state index contributed by atoms with van der Waals surface area (Å²) in [5.74, 6) is 1.38. The van der Waals surface area contributed by atoms with Gasteiger partial charge in [0.05, 0.1) is 81.0 Å². The van der Waals surface area contributed by atoms with Gasteiger partial charge in [-0.3, -0.25) is 23.8 Å². The number of nitrogens with zero attached hydrogens (tertiary/aromatic N) is 4. The maximum absolute atomic E-state index is 13.1. The van der Waals surface area contributed by atoms with Crippen molar-refractivity contribution in [3.63, 3.8) is 0 Å². The Labute approximate surface area is 427 Å². The molecule has 5 aromatic carbocycles. The first-order valence-corrected chi connectivity index (χ1v) is 23.5. The number of methoxy groups -OCH3 is 1. The molecule has 392 valence electrons. The van der Waals surface area contributed by atoms with Crippen LogP contribution in [0.5, 0.6) is 17.2 Å². The molecule has 72 heavy (non-hydrogen) atoms. The van der Waals surface area contributed by atoms with Crippen LogP contribution < -0.4 is 14.2 Å². The van der Waals surface area contributed by atoms with Crippen LogP contribution in [0, 0.1) is 6.92 Å². The van der Waals surface area contributed by atoms with E-state index < -0.39 is 10.1 Å². The summed E-state index contributed by atoms with van der Waals surface area (Å²) in [4.78, 5) is 38.5. The molecule has 2 atom stereocenters. The van der Waals surface area contributed by atoms with Gasteiger partial charge in [0.15, 0.2) is 11.5 Å². The molecule has 0 radical (unpaired) electrons. The number of carbonyl (C=O) groups excluding carboxylic acids is 2. The first kappa shape index (κ1) is 61.6. The minimum absolute atomic E-state index is 0. The van der Waals surface area contributed by atoms with E-state index in [1.54, 1.807) is 47.5 Å². The molecule has 0 unspecified atom stereocenters. The highest BCUT2D eigenvalue weighted by molar-refractivity contribution is 7.85. The highest BCUT2D eigenvalue weighted by Gasteiger charge is 2.34. The Hall–Kier alpha value is -6.47. The zero-order valence-electron chi connectivity index (χ0n) is 37.8. The summed E-state index contributed by atoms with van der Waals surface area (Å²) in [6.07, 6.45) is 5.49. The van der Waals surface area contributed by atoms with Crippen molar-refractivity contribution in [2.45, 2.75) is 103 Å². The van der Waals surface area contributed by atoms with Gasteiger partial charge in [0.2, 0.25) is 0 Å². The molecule has 0 aliphatic carbocycles. The van der Waals surface area contributed by atoms with Gasteiger partial charge in [0.1, 0.15) is 32.4 Å². The van der Waals surface area contributed by atoms with Gasteiger partial charge in [0, 0.05) is 24.6 Å². The molecule has 4 aliphatic rings. The minimum Gasteiger partial charge on any atom is -0.493 e. The van der Waals surface area contributed by atoms with E-state index in [0.29, 0.717) is 59.6 Å². The van der Waals surface area contributed by atoms with E-state index in [1.807, 2.05) is 85.8 Å². The van der Waals surface area contributed by atoms with E-state index in [0.717, 1.165) is 46.1 Å². The molecule has 4 heterocycles. The predicted molar refractivity (Wildman–Crippen MR) is 285 cm³/mol. The highest BCUT2D eigenvalue weighted by Crippen LogP contribution is 2.38. The van der Waals surface area contributed by atoms with E-state index in [-0.39, 0.29) is 101 Å². The van der Waals surface area contributed by atoms with Crippen molar-refractivity contribution in [3.05, 3.63) is 147 Å². The summed E-state index contributed by atoms with van der Waals surface area (Å²) in [5, 5.41) is 17.4. The van der Waals surface area contributed by atoms with Crippen LogP contribution in [0.4, 0.5) is 11.4 Å².